The number of hydrogen-bond acceptors (Lipinski definition) is 4. The lowest BCUT2D eigenvalue weighted by Crippen LogP contribution is -2.35. The van der Waals surface area contributed by atoms with Crippen LogP contribution in [0.1, 0.15) is 18.5 Å². The molecule has 2 N–H and O–H groups in total. The average molecular weight is 296 g/mol. The summed E-state index contributed by atoms with van der Waals surface area (Å²) in [7, 11) is 0. The highest BCUT2D eigenvalue weighted by Crippen LogP contribution is 2.30. The molecule has 2 aromatic heterocycles. The number of halogens is 3. The van der Waals surface area contributed by atoms with Crippen molar-refractivity contribution in [3.05, 3.63) is 30.1 Å². The van der Waals surface area contributed by atoms with E-state index >= 15 is 0 Å². The van der Waals surface area contributed by atoms with Crippen molar-refractivity contribution in [2.75, 3.05) is 18.4 Å². The second-order valence-corrected chi connectivity index (χ2v) is 5.09. The zero-order valence-corrected chi connectivity index (χ0v) is 11.2. The summed E-state index contributed by atoms with van der Waals surface area (Å²) in [5.74, 6) is 0.598. The van der Waals surface area contributed by atoms with Gasteiger partial charge in [-0.2, -0.15) is 13.2 Å². The SMILES string of the molecule is FC(F)(F)c1ccc2c(NC3CCNCC3)nccc2n1. The van der Waals surface area contributed by atoms with Gasteiger partial charge in [0, 0.05) is 17.6 Å². The number of pyridine rings is 2. The van der Waals surface area contributed by atoms with Crippen molar-refractivity contribution < 1.29 is 13.2 Å². The van der Waals surface area contributed by atoms with Gasteiger partial charge in [-0.05, 0) is 44.1 Å². The van der Waals surface area contributed by atoms with Crippen molar-refractivity contribution >= 4 is 16.7 Å². The Kier molecular flexibility index (Phi) is 3.67. The van der Waals surface area contributed by atoms with Gasteiger partial charge in [0.05, 0.1) is 5.52 Å². The van der Waals surface area contributed by atoms with Crippen LogP contribution in [0.4, 0.5) is 19.0 Å². The van der Waals surface area contributed by atoms with Crippen LogP contribution in [0, 0.1) is 0 Å². The molecule has 0 amide bonds. The van der Waals surface area contributed by atoms with Crippen LogP contribution in [0.5, 0.6) is 0 Å². The summed E-state index contributed by atoms with van der Waals surface area (Å²) in [6.45, 7) is 1.86. The Morgan fingerprint density at radius 2 is 1.90 bits per heavy atom. The van der Waals surface area contributed by atoms with Crippen molar-refractivity contribution in [1.82, 2.24) is 15.3 Å². The molecular weight excluding hydrogens is 281 g/mol. The first-order valence-electron chi connectivity index (χ1n) is 6.84. The molecule has 1 fully saturated rings. The van der Waals surface area contributed by atoms with Gasteiger partial charge in [0.1, 0.15) is 11.5 Å². The number of nitrogens with one attached hydrogen (secondary N) is 2. The highest BCUT2D eigenvalue weighted by Gasteiger charge is 2.32. The molecule has 21 heavy (non-hydrogen) atoms. The van der Waals surface area contributed by atoms with E-state index in [1.54, 1.807) is 0 Å². The van der Waals surface area contributed by atoms with Crippen LogP contribution in [-0.2, 0) is 6.18 Å². The zero-order chi connectivity index (χ0) is 14.9. The standard InChI is InChI=1S/C14H15F3N4/c15-14(16,17)12-2-1-10-11(21-12)5-8-19-13(10)20-9-3-6-18-7-4-9/h1-2,5,8-9,18H,3-4,6-7H2,(H,19,20). The Morgan fingerprint density at radius 1 is 1.14 bits per heavy atom. The van der Waals surface area contributed by atoms with Gasteiger partial charge in [-0.15, -0.1) is 0 Å². The van der Waals surface area contributed by atoms with E-state index in [-0.39, 0.29) is 6.04 Å². The topological polar surface area (TPSA) is 49.8 Å². The van der Waals surface area contributed by atoms with Gasteiger partial charge >= 0.3 is 6.18 Å². The molecule has 1 aliphatic heterocycles. The first-order valence-corrected chi connectivity index (χ1v) is 6.84. The molecule has 0 aliphatic carbocycles. The summed E-state index contributed by atoms with van der Waals surface area (Å²) in [6, 6.07) is 4.21. The number of piperidine rings is 1. The number of alkyl halides is 3. The van der Waals surface area contributed by atoms with E-state index < -0.39 is 11.9 Å². The molecule has 2 aromatic rings. The lowest BCUT2D eigenvalue weighted by molar-refractivity contribution is -0.140. The Balaban J connectivity index is 1.92. The maximum atomic E-state index is 12.7. The maximum Gasteiger partial charge on any atom is 0.433 e. The number of aromatic nitrogens is 2. The second-order valence-electron chi connectivity index (χ2n) is 5.09. The van der Waals surface area contributed by atoms with Gasteiger partial charge in [0.15, 0.2) is 0 Å². The van der Waals surface area contributed by atoms with Crippen molar-refractivity contribution in [2.24, 2.45) is 0 Å². The monoisotopic (exact) mass is 296 g/mol. The largest absolute Gasteiger partial charge is 0.433 e. The molecule has 0 atom stereocenters. The molecule has 0 radical (unpaired) electrons. The Morgan fingerprint density at radius 3 is 2.62 bits per heavy atom. The second kappa shape index (κ2) is 5.48. The fourth-order valence-electron chi connectivity index (χ4n) is 2.49. The molecule has 112 valence electrons. The predicted molar refractivity (Wildman–Crippen MR) is 74.1 cm³/mol. The molecule has 0 bridgehead atoms. The number of fused-ring (bicyclic) bond motifs is 1. The van der Waals surface area contributed by atoms with Crippen LogP contribution >= 0.6 is 0 Å². The van der Waals surface area contributed by atoms with E-state index in [0.29, 0.717) is 16.7 Å². The maximum absolute atomic E-state index is 12.7. The van der Waals surface area contributed by atoms with Crippen LogP contribution in [0.25, 0.3) is 10.9 Å². The smallest absolute Gasteiger partial charge is 0.367 e. The number of nitrogens with zero attached hydrogens (tertiary/aromatic N) is 2. The van der Waals surface area contributed by atoms with Gasteiger partial charge in [0.2, 0.25) is 0 Å². The molecule has 0 aromatic carbocycles. The summed E-state index contributed by atoms with van der Waals surface area (Å²) < 4.78 is 38.1. The van der Waals surface area contributed by atoms with Crippen molar-refractivity contribution in [3.63, 3.8) is 0 Å². The van der Waals surface area contributed by atoms with E-state index in [9.17, 15) is 13.2 Å². The van der Waals surface area contributed by atoms with Crippen LogP contribution in [0.2, 0.25) is 0 Å². The number of hydrogen-bond donors (Lipinski definition) is 2. The minimum Gasteiger partial charge on any atom is -0.367 e. The number of anilines is 1. The molecule has 3 heterocycles. The van der Waals surface area contributed by atoms with Gasteiger partial charge in [-0.25, -0.2) is 9.97 Å². The van der Waals surface area contributed by atoms with Gasteiger partial charge in [-0.1, -0.05) is 0 Å². The van der Waals surface area contributed by atoms with Crippen molar-refractivity contribution in [1.29, 1.82) is 0 Å². The molecule has 1 aliphatic rings. The molecular formula is C14H15F3N4. The van der Waals surface area contributed by atoms with Crippen molar-refractivity contribution in [2.45, 2.75) is 25.1 Å². The Bertz CT molecular complexity index is 636. The summed E-state index contributed by atoms with van der Waals surface area (Å²) >= 11 is 0. The first-order chi connectivity index (χ1) is 10.0. The van der Waals surface area contributed by atoms with Crippen LogP contribution in [-0.4, -0.2) is 29.1 Å². The highest BCUT2D eigenvalue weighted by molar-refractivity contribution is 5.89. The summed E-state index contributed by atoms with van der Waals surface area (Å²) in [5.41, 5.74) is -0.578. The summed E-state index contributed by atoms with van der Waals surface area (Å²) in [5, 5.41) is 7.19. The average Bonchev–Trinajstić information content (AvgIpc) is 2.47. The minimum atomic E-state index is -4.43. The van der Waals surface area contributed by atoms with E-state index in [1.165, 1.54) is 18.3 Å². The summed E-state index contributed by atoms with van der Waals surface area (Å²) in [6.07, 6.45) is -1.02. The van der Waals surface area contributed by atoms with E-state index in [4.69, 9.17) is 0 Å². The normalized spacial score (nSPS) is 17.1. The third-order valence-corrected chi connectivity index (χ3v) is 3.59. The quantitative estimate of drug-likeness (QED) is 0.894. The van der Waals surface area contributed by atoms with Gasteiger partial charge in [0.25, 0.3) is 0 Å². The number of rotatable bonds is 2. The lowest BCUT2D eigenvalue weighted by Gasteiger charge is -2.24. The molecule has 3 rings (SSSR count). The van der Waals surface area contributed by atoms with Crippen molar-refractivity contribution in [3.8, 4) is 0 Å². The highest BCUT2D eigenvalue weighted by atomic mass is 19.4. The Hall–Kier alpha value is -1.89. The third kappa shape index (κ3) is 3.07. The van der Waals surface area contributed by atoms with E-state index in [0.717, 1.165) is 32.0 Å². The zero-order valence-electron chi connectivity index (χ0n) is 11.2. The molecule has 7 heteroatoms. The minimum absolute atomic E-state index is 0.284. The molecule has 4 nitrogen and oxygen atoms in total. The predicted octanol–water partition coefficient (Wildman–Crippen LogP) is 2.81. The molecule has 0 spiro atoms. The van der Waals surface area contributed by atoms with Crippen LogP contribution < -0.4 is 10.6 Å². The van der Waals surface area contributed by atoms with Gasteiger partial charge in [-0.3, -0.25) is 0 Å². The molecule has 0 unspecified atom stereocenters. The first kappa shape index (κ1) is 14.1. The molecule has 0 saturated carbocycles. The fourth-order valence-corrected chi connectivity index (χ4v) is 2.49. The lowest BCUT2D eigenvalue weighted by atomic mass is 10.1. The van der Waals surface area contributed by atoms with Gasteiger partial charge < -0.3 is 10.6 Å². The van der Waals surface area contributed by atoms with E-state index in [1.807, 2.05) is 0 Å². The third-order valence-electron chi connectivity index (χ3n) is 3.59. The fraction of sp³-hybridized carbons (Fsp3) is 0.429. The Labute approximate surface area is 119 Å². The van der Waals surface area contributed by atoms with Crippen LogP contribution in [0.15, 0.2) is 24.4 Å². The summed E-state index contributed by atoms with van der Waals surface area (Å²) in [4.78, 5) is 7.92. The van der Waals surface area contributed by atoms with E-state index in [2.05, 4.69) is 20.6 Å². The molecule has 1 saturated heterocycles. The van der Waals surface area contributed by atoms with Crippen LogP contribution in [0.3, 0.4) is 0 Å².